The van der Waals surface area contributed by atoms with Crippen LogP contribution in [0, 0.1) is 6.92 Å². The third kappa shape index (κ3) is 2.54. The third-order valence-corrected chi connectivity index (χ3v) is 3.85. The number of ether oxygens (including phenoxy) is 2. The number of aromatic nitrogens is 5. The van der Waals surface area contributed by atoms with Crippen LogP contribution in [-0.2, 0) is 13.5 Å². The van der Waals surface area contributed by atoms with Crippen LogP contribution in [0.2, 0.25) is 0 Å². The number of fused-ring (bicyclic) bond motifs is 1. The molecule has 0 unspecified atom stereocenters. The van der Waals surface area contributed by atoms with Gasteiger partial charge in [0.25, 0.3) is 0 Å². The van der Waals surface area contributed by atoms with Crippen LogP contribution >= 0.6 is 0 Å². The van der Waals surface area contributed by atoms with Gasteiger partial charge in [-0.2, -0.15) is 10.2 Å². The predicted molar refractivity (Wildman–Crippen MR) is 83.1 cm³/mol. The van der Waals surface area contributed by atoms with E-state index in [9.17, 15) is 0 Å². The lowest BCUT2D eigenvalue weighted by molar-refractivity contribution is 0.171. The Hall–Kier alpha value is -2.83. The van der Waals surface area contributed by atoms with Crippen molar-refractivity contribution in [3.63, 3.8) is 0 Å². The number of benzene rings is 1. The van der Waals surface area contributed by atoms with Gasteiger partial charge in [0, 0.05) is 31.3 Å². The first-order chi connectivity index (χ1) is 11.2. The fourth-order valence-electron chi connectivity index (χ4n) is 2.76. The number of rotatable bonds is 3. The van der Waals surface area contributed by atoms with E-state index in [1.54, 1.807) is 6.33 Å². The first-order valence-corrected chi connectivity index (χ1v) is 7.49. The Morgan fingerprint density at radius 1 is 1.17 bits per heavy atom. The van der Waals surface area contributed by atoms with Gasteiger partial charge in [0.05, 0.1) is 11.4 Å². The monoisotopic (exact) mass is 311 g/mol. The normalized spacial score (nSPS) is 13.3. The maximum Gasteiger partial charge on any atom is 0.163 e. The average Bonchev–Trinajstić information content (AvgIpc) is 3.14. The van der Waals surface area contributed by atoms with E-state index in [1.165, 1.54) is 0 Å². The van der Waals surface area contributed by atoms with Gasteiger partial charge in [-0.25, -0.2) is 9.67 Å². The van der Waals surface area contributed by atoms with Crippen molar-refractivity contribution >= 4 is 0 Å². The minimum absolute atomic E-state index is 0.565. The summed E-state index contributed by atoms with van der Waals surface area (Å²) in [7, 11) is 1.92. The molecule has 0 saturated heterocycles. The highest BCUT2D eigenvalue weighted by Gasteiger charge is 2.15. The summed E-state index contributed by atoms with van der Waals surface area (Å²) in [5.41, 5.74) is 3.05. The molecule has 2 aromatic heterocycles. The Labute approximate surface area is 133 Å². The van der Waals surface area contributed by atoms with E-state index in [0.29, 0.717) is 19.6 Å². The lowest BCUT2D eigenvalue weighted by Gasteiger charge is -2.19. The van der Waals surface area contributed by atoms with Crippen molar-refractivity contribution in [3.8, 4) is 17.2 Å². The van der Waals surface area contributed by atoms with Gasteiger partial charge in [0.15, 0.2) is 11.5 Å². The summed E-state index contributed by atoms with van der Waals surface area (Å²) in [5, 5.41) is 8.72. The fourth-order valence-corrected chi connectivity index (χ4v) is 2.76. The van der Waals surface area contributed by atoms with E-state index < -0.39 is 0 Å². The van der Waals surface area contributed by atoms with E-state index in [-0.39, 0.29) is 0 Å². The highest BCUT2D eigenvalue weighted by Crippen LogP contribution is 2.32. The van der Waals surface area contributed by atoms with Gasteiger partial charge in [-0.05, 0) is 19.1 Å². The molecule has 7 heteroatoms. The Morgan fingerprint density at radius 2 is 2.00 bits per heavy atom. The second-order valence-electron chi connectivity index (χ2n) is 5.51. The van der Waals surface area contributed by atoms with E-state index in [4.69, 9.17) is 9.47 Å². The maximum atomic E-state index is 5.64. The van der Waals surface area contributed by atoms with Crippen LogP contribution in [0.25, 0.3) is 5.69 Å². The molecule has 7 nitrogen and oxygen atoms in total. The molecule has 0 fully saturated rings. The summed E-state index contributed by atoms with van der Waals surface area (Å²) in [6.45, 7) is 3.15. The molecular formula is C16H17N5O2. The Balaban J connectivity index is 1.68. The van der Waals surface area contributed by atoms with Gasteiger partial charge in [-0.1, -0.05) is 0 Å². The zero-order valence-electron chi connectivity index (χ0n) is 13.1. The molecule has 118 valence electrons. The zero-order valence-corrected chi connectivity index (χ0v) is 13.1. The molecule has 1 aromatic carbocycles. The quantitative estimate of drug-likeness (QED) is 0.736. The zero-order chi connectivity index (χ0) is 15.8. The first-order valence-electron chi connectivity index (χ1n) is 7.49. The molecule has 23 heavy (non-hydrogen) atoms. The molecule has 0 radical (unpaired) electrons. The van der Waals surface area contributed by atoms with Gasteiger partial charge in [0.1, 0.15) is 25.4 Å². The van der Waals surface area contributed by atoms with E-state index in [2.05, 4.69) is 15.2 Å². The van der Waals surface area contributed by atoms with Gasteiger partial charge < -0.3 is 9.47 Å². The van der Waals surface area contributed by atoms with E-state index in [0.717, 1.165) is 34.3 Å². The molecule has 0 saturated carbocycles. The Kier molecular flexibility index (Phi) is 3.25. The lowest BCUT2D eigenvalue weighted by Crippen LogP contribution is -2.15. The van der Waals surface area contributed by atoms with Crippen LogP contribution in [0.1, 0.15) is 17.1 Å². The maximum absolute atomic E-state index is 5.64. The summed E-state index contributed by atoms with van der Waals surface area (Å²) >= 11 is 0. The largest absolute Gasteiger partial charge is 0.486 e. The summed E-state index contributed by atoms with van der Waals surface area (Å²) in [4.78, 5) is 4.39. The molecule has 0 aliphatic carbocycles. The van der Waals surface area contributed by atoms with Crippen LogP contribution in [-0.4, -0.2) is 37.8 Å². The minimum Gasteiger partial charge on any atom is -0.486 e. The third-order valence-electron chi connectivity index (χ3n) is 3.85. The fraction of sp³-hybridized carbons (Fsp3) is 0.312. The molecule has 1 aliphatic rings. The van der Waals surface area contributed by atoms with Crippen molar-refractivity contribution in [2.75, 3.05) is 13.2 Å². The highest BCUT2D eigenvalue weighted by atomic mass is 16.6. The summed E-state index contributed by atoms with van der Waals surface area (Å²) in [6, 6.07) is 5.80. The van der Waals surface area contributed by atoms with Crippen molar-refractivity contribution < 1.29 is 9.47 Å². The lowest BCUT2D eigenvalue weighted by atomic mass is 10.2. The van der Waals surface area contributed by atoms with Crippen LogP contribution < -0.4 is 9.47 Å². The molecule has 0 amide bonds. The van der Waals surface area contributed by atoms with Gasteiger partial charge in [-0.3, -0.25) is 4.68 Å². The van der Waals surface area contributed by atoms with Crippen LogP contribution in [0.5, 0.6) is 11.5 Å². The van der Waals surface area contributed by atoms with Gasteiger partial charge in [-0.15, -0.1) is 0 Å². The van der Waals surface area contributed by atoms with Crippen LogP contribution in [0.4, 0.5) is 0 Å². The molecule has 0 spiro atoms. The van der Waals surface area contributed by atoms with Crippen LogP contribution in [0.15, 0.2) is 30.7 Å². The van der Waals surface area contributed by atoms with Crippen molar-refractivity contribution in [2.24, 2.45) is 7.05 Å². The molecule has 3 heterocycles. The van der Waals surface area contributed by atoms with E-state index in [1.807, 2.05) is 47.7 Å². The predicted octanol–water partition coefficient (Wildman–Crippen LogP) is 1.67. The highest BCUT2D eigenvalue weighted by molar-refractivity contribution is 5.49. The first kappa shape index (κ1) is 13.8. The second kappa shape index (κ2) is 5.42. The smallest absolute Gasteiger partial charge is 0.163 e. The molecule has 4 rings (SSSR count). The molecule has 0 atom stereocenters. The SMILES string of the molecule is Cc1nn(C)cc1Cc1ncnn1-c1ccc2c(c1)OCCO2. The molecular weight excluding hydrogens is 294 g/mol. The van der Waals surface area contributed by atoms with Crippen molar-refractivity contribution in [3.05, 3.63) is 47.8 Å². The summed E-state index contributed by atoms with van der Waals surface area (Å²) in [5.74, 6) is 2.37. The number of nitrogens with zero attached hydrogens (tertiary/aromatic N) is 5. The van der Waals surface area contributed by atoms with Crippen molar-refractivity contribution in [2.45, 2.75) is 13.3 Å². The van der Waals surface area contributed by atoms with Crippen LogP contribution in [0.3, 0.4) is 0 Å². The summed E-state index contributed by atoms with van der Waals surface area (Å²) < 4.78 is 14.8. The van der Waals surface area contributed by atoms with Gasteiger partial charge >= 0.3 is 0 Å². The standard InChI is InChI=1S/C16H17N5O2/c1-11-12(9-20(2)19-11)7-16-17-10-18-21(16)13-3-4-14-15(8-13)23-6-5-22-14/h3-4,8-10H,5-7H2,1-2H3. The molecule has 1 aliphatic heterocycles. The molecule has 3 aromatic rings. The van der Waals surface area contributed by atoms with Crippen molar-refractivity contribution in [1.29, 1.82) is 0 Å². The second-order valence-corrected chi connectivity index (χ2v) is 5.51. The molecule has 0 N–H and O–H groups in total. The topological polar surface area (TPSA) is 67.0 Å². The summed E-state index contributed by atoms with van der Waals surface area (Å²) in [6.07, 6.45) is 4.25. The average molecular weight is 311 g/mol. The van der Waals surface area contributed by atoms with Gasteiger partial charge in [0.2, 0.25) is 0 Å². The Bertz CT molecular complexity index is 852. The number of hydrogen-bond donors (Lipinski definition) is 0. The van der Waals surface area contributed by atoms with Crippen molar-refractivity contribution in [1.82, 2.24) is 24.5 Å². The molecule has 0 bridgehead atoms. The minimum atomic E-state index is 0.565. The number of aryl methyl sites for hydroxylation is 2. The number of hydrogen-bond acceptors (Lipinski definition) is 5. The van der Waals surface area contributed by atoms with E-state index >= 15 is 0 Å². The Morgan fingerprint density at radius 3 is 2.78 bits per heavy atom.